The van der Waals surface area contributed by atoms with Crippen molar-refractivity contribution < 1.29 is 4.74 Å². The smallest absolute Gasteiger partial charge is 0.134 e. The number of nitrogens with zero attached hydrogens (tertiary/aromatic N) is 2. The second-order valence-corrected chi connectivity index (χ2v) is 6.80. The monoisotopic (exact) mass is 386 g/mol. The van der Waals surface area contributed by atoms with E-state index < -0.39 is 0 Å². The number of nitriles is 1. The van der Waals surface area contributed by atoms with Crippen molar-refractivity contribution in [3.8, 4) is 23.1 Å². The third-order valence-corrected chi connectivity index (χ3v) is 4.94. The second kappa shape index (κ2) is 7.71. The molecular weight excluding hydrogens is 375 g/mol. The van der Waals surface area contributed by atoms with Crippen molar-refractivity contribution in [1.82, 2.24) is 4.98 Å². The van der Waals surface area contributed by atoms with Crippen molar-refractivity contribution in [2.24, 2.45) is 0 Å². The van der Waals surface area contributed by atoms with Gasteiger partial charge in [0.1, 0.15) is 16.8 Å². The van der Waals surface area contributed by atoms with Crippen molar-refractivity contribution in [2.45, 2.75) is 0 Å². The summed E-state index contributed by atoms with van der Waals surface area (Å²) in [7, 11) is 1.63. The molecule has 25 heavy (non-hydrogen) atoms. The van der Waals surface area contributed by atoms with Crippen LogP contribution in [0.25, 0.3) is 22.9 Å². The Morgan fingerprint density at radius 2 is 1.96 bits per heavy atom. The first kappa shape index (κ1) is 17.5. The van der Waals surface area contributed by atoms with E-state index in [1.54, 1.807) is 31.4 Å². The highest BCUT2D eigenvalue weighted by Gasteiger charge is 2.10. The molecule has 3 nitrogen and oxygen atoms in total. The fourth-order valence-corrected chi connectivity index (χ4v) is 3.47. The van der Waals surface area contributed by atoms with Gasteiger partial charge in [-0.05, 0) is 48.0 Å². The molecule has 0 unspecified atom stereocenters. The average molecular weight is 387 g/mol. The summed E-state index contributed by atoms with van der Waals surface area (Å²) in [6.45, 7) is 0. The van der Waals surface area contributed by atoms with Gasteiger partial charge in [0.15, 0.2) is 0 Å². The van der Waals surface area contributed by atoms with E-state index in [1.165, 1.54) is 11.3 Å². The minimum absolute atomic E-state index is 0.453. The Hall–Kier alpha value is -2.32. The predicted molar refractivity (Wildman–Crippen MR) is 104 cm³/mol. The fraction of sp³-hybridized carbons (Fsp3) is 0.0526. The van der Waals surface area contributed by atoms with E-state index in [0.29, 0.717) is 20.6 Å². The molecule has 0 spiro atoms. The van der Waals surface area contributed by atoms with Crippen LogP contribution in [0.3, 0.4) is 0 Å². The molecule has 0 N–H and O–H groups in total. The van der Waals surface area contributed by atoms with Crippen molar-refractivity contribution in [2.75, 3.05) is 7.11 Å². The van der Waals surface area contributed by atoms with Crippen molar-refractivity contribution in [3.05, 3.63) is 68.5 Å². The van der Waals surface area contributed by atoms with Gasteiger partial charge >= 0.3 is 0 Å². The summed E-state index contributed by atoms with van der Waals surface area (Å²) in [6.07, 6.45) is 1.72. The number of methoxy groups -OCH3 is 1. The Kier molecular flexibility index (Phi) is 5.40. The van der Waals surface area contributed by atoms with Crippen molar-refractivity contribution in [3.63, 3.8) is 0 Å². The standard InChI is InChI=1S/C19H12Cl2N2OS/c1-24-16-6-3-12(4-7-16)18-11-25-19(23-18)14(10-22)8-13-2-5-15(20)9-17(13)21/h2-9,11H,1H3/b14-8-. The fourth-order valence-electron chi connectivity index (χ4n) is 2.21. The zero-order chi connectivity index (χ0) is 17.8. The quantitative estimate of drug-likeness (QED) is 0.502. The molecule has 0 saturated carbocycles. The van der Waals surface area contributed by atoms with Gasteiger partial charge in [-0.2, -0.15) is 5.26 Å². The van der Waals surface area contributed by atoms with E-state index in [0.717, 1.165) is 22.6 Å². The van der Waals surface area contributed by atoms with Gasteiger partial charge in [-0.15, -0.1) is 11.3 Å². The summed E-state index contributed by atoms with van der Waals surface area (Å²) in [4.78, 5) is 4.57. The van der Waals surface area contributed by atoms with E-state index in [2.05, 4.69) is 11.1 Å². The average Bonchev–Trinajstić information content (AvgIpc) is 3.11. The van der Waals surface area contributed by atoms with Crippen molar-refractivity contribution in [1.29, 1.82) is 5.26 Å². The topological polar surface area (TPSA) is 45.9 Å². The first-order valence-electron chi connectivity index (χ1n) is 7.28. The largest absolute Gasteiger partial charge is 0.497 e. The summed E-state index contributed by atoms with van der Waals surface area (Å²) in [5, 5.41) is 13.1. The van der Waals surface area contributed by atoms with Gasteiger partial charge in [0.2, 0.25) is 0 Å². The summed E-state index contributed by atoms with van der Waals surface area (Å²) in [6, 6.07) is 15.0. The first-order chi connectivity index (χ1) is 12.1. The minimum atomic E-state index is 0.453. The SMILES string of the molecule is COc1ccc(-c2csc(/C(C#N)=C\c3ccc(Cl)cc3Cl)n2)cc1. The number of hydrogen-bond acceptors (Lipinski definition) is 4. The van der Waals surface area contributed by atoms with Crippen LogP contribution in [0, 0.1) is 11.3 Å². The van der Waals surface area contributed by atoms with Crippen LogP contribution in [0.2, 0.25) is 10.0 Å². The molecule has 1 aromatic heterocycles. The summed E-state index contributed by atoms with van der Waals surface area (Å²) in [5.41, 5.74) is 2.95. The second-order valence-electron chi connectivity index (χ2n) is 5.10. The lowest BCUT2D eigenvalue weighted by atomic mass is 10.1. The minimum Gasteiger partial charge on any atom is -0.497 e. The Morgan fingerprint density at radius 3 is 2.60 bits per heavy atom. The third kappa shape index (κ3) is 4.02. The Bertz CT molecular complexity index is 972. The van der Waals surface area contributed by atoms with E-state index in [9.17, 15) is 5.26 Å². The molecule has 0 amide bonds. The number of thiazole rings is 1. The van der Waals surface area contributed by atoms with Gasteiger partial charge in [0.25, 0.3) is 0 Å². The third-order valence-electron chi connectivity index (χ3n) is 3.50. The van der Waals surface area contributed by atoms with E-state index in [1.807, 2.05) is 29.6 Å². The summed E-state index contributed by atoms with van der Waals surface area (Å²) >= 11 is 13.5. The van der Waals surface area contributed by atoms with Gasteiger partial charge in [0, 0.05) is 21.0 Å². The molecule has 124 valence electrons. The lowest BCUT2D eigenvalue weighted by Gasteiger charge is -2.01. The number of ether oxygens (including phenoxy) is 1. The number of allylic oxidation sites excluding steroid dienone is 1. The van der Waals surface area contributed by atoms with Crippen molar-refractivity contribution >= 4 is 46.2 Å². The highest BCUT2D eigenvalue weighted by atomic mass is 35.5. The maximum Gasteiger partial charge on any atom is 0.134 e. The molecular formula is C19H12Cl2N2OS. The molecule has 2 aromatic carbocycles. The van der Waals surface area contributed by atoms with Crippen LogP contribution in [-0.4, -0.2) is 12.1 Å². The number of aromatic nitrogens is 1. The summed E-state index contributed by atoms with van der Waals surface area (Å²) in [5.74, 6) is 0.786. The van der Waals surface area contributed by atoms with Gasteiger partial charge in [0.05, 0.1) is 18.4 Å². The van der Waals surface area contributed by atoms with E-state index in [4.69, 9.17) is 27.9 Å². The normalized spacial score (nSPS) is 11.2. The molecule has 3 aromatic rings. The molecule has 0 fully saturated rings. The number of hydrogen-bond donors (Lipinski definition) is 0. The van der Waals surface area contributed by atoms with E-state index >= 15 is 0 Å². The Balaban J connectivity index is 1.93. The molecule has 3 rings (SSSR count). The van der Waals surface area contributed by atoms with Crippen LogP contribution in [0.4, 0.5) is 0 Å². The molecule has 1 heterocycles. The van der Waals surface area contributed by atoms with Crippen LogP contribution in [0.15, 0.2) is 47.8 Å². The Morgan fingerprint density at radius 1 is 1.20 bits per heavy atom. The number of benzene rings is 2. The lowest BCUT2D eigenvalue weighted by Crippen LogP contribution is -1.85. The molecule has 0 aliphatic heterocycles. The van der Waals surface area contributed by atoms with Crippen LogP contribution in [0.5, 0.6) is 5.75 Å². The zero-order valence-corrected chi connectivity index (χ0v) is 15.5. The van der Waals surface area contributed by atoms with Gasteiger partial charge in [-0.1, -0.05) is 29.3 Å². The van der Waals surface area contributed by atoms with Crippen LogP contribution >= 0.6 is 34.5 Å². The van der Waals surface area contributed by atoms with Gasteiger partial charge in [-0.3, -0.25) is 0 Å². The van der Waals surface area contributed by atoms with Crippen LogP contribution < -0.4 is 4.74 Å². The first-order valence-corrected chi connectivity index (χ1v) is 8.91. The molecule has 6 heteroatoms. The van der Waals surface area contributed by atoms with Crippen LogP contribution in [-0.2, 0) is 0 Å². The number of rotatable bonds is 4. The van der Waals surface area contributed by atoms with Crippen LogP contribution in [0.1, 0.15) is 10.6 Å². The maximum atomic E-state index is 9.50. The zero-order valence-electron chi connectivity index (χ0n) is 13.2. The highest BCUT2D eigenvalue weighted by molar-refractivity contribution is 7.11. The lowest BCUT2D eigenvalue weighted by molar-refractivity contribution is 0.415. The van der Waals surface area contributed by atoms with Gasteiger partial charge < -0.3 is 4.74 Å². The number of halogens is 2. The maximum absolute atomic E-state index is 9.50. The molecule has 0 radical (unpaired) electrons. The van der Waals surface area contributed by atoms with E-state index in [-0.39, 0.29) is 0 Å². The Labute approximate surface area is 159 Å². The van der Waals surface area contributed by atoms with Gasteiger partial charge in [-0.25, -0.2) is 4.98 Å². The molecule has 0 atom stereocenters. The molecule has 0 bridgehead atoms. The highest BCUT2D eigenvalue weighted by Crippen LogP contribution is 2.30. The molecule has 0 aliphatic carbocycles. The molecule has 0 aliphatic rings. The summed E-state index contributed by atoms with van der Waals surface area (Å²) < 4.78 is 5.16. The molecule has 0 saturated heterocycles. The predicted octanol–water partition coefficient (Wildman–Crippen LogP) is 6.19.